The number of thioether (sulfide) groups is 1. The zero-order valence-electron chi connectivity index (χ0n) is 8.90. The van der Waals surface area contributed by atoms with Crippen LogP contribution in [0.4, 0.5) is 0 Å². The highest BCUT2D eigenvalue weighted by Crippen LogP contribution is 2.31. The Labute approximate surface area is 107 Å². The van der Waals surface area contributed by atoms with Crippen LogP contribution in [0.2, 0.25) is 0 Å². The SMILES string of the molecule is COC(=O)C(SC(C)=O)c1ccc(Br)cc1. The molecular weight excluding hydrogens is 292 g/mol. The van der Waals surface area contributed by atoms with Gasteiger partial charge in [0.05, 0.1) is 7.11 Å². The predicted molar refractivity (Wildman–Crippen MR) is 67.2 cm³/mol. The molecule has 1 unspecified atom stereocenters. The van der Waals surface area contributed by atoms with Gasteiger partial charge in [-0.1, -0.05) is 39.8 Å². The zero-order chi connectivity index (χ0) is 12.1. The molecule has 0 spiro atoms. The van der Waals surface area contributed by atoms with Gasteiger partial charge in [-0.3, -0.25) is 9.59 Å². The van der Waals surface area contributed by atoms with Crippen molar-refractivity contribution >= 4 is 38.8 Å². The molecule has 3 nitrogen and oxygen atoms in total. The maximum absolute atomic E-state index is 11.5. The number of carbonyl (C=O) groups excluding carboxylic acids is 2. The second-order valence-electron chi connectivity index (χ2n) is 3.06. The lowest BCUT2D eigenvalue weighted by atomic mass is 10.1. The van der Waals surface area contributed by atoms with Crippen LogP contribution in [0.3, 0.4) is 0 Å². The highest BCUT2D eigenvalue weighted by molar-refractivity contribution is 9.10. The first-order valence-corrected chi connectivity index (χ1v) is 6.22. The molecule has 86 valence electrons. The molecule has 0 bridgehead atoms. The highest BCUT2D eigenvalue weighted by atomic mass is 79.9. The molecule has 0 aromatic heterocycles. The van der Waals surface area contributed by atoms with Crippen LogP contribution in [-0.4, -0.2) is 18.2 Å². The first-order valence-electron chi connectivity index (χ1n) is 4.55. The summed E-state index contributed by atoms with van der Waals surface area (Å²) in [6.45, 7) is 1.43. The summed E-state index contributed by atoms with van der Waals surface area (Å²) < 4.78 is 5.60. The van der Waals surface area contributed by atoms with Gasteiger partial charge >= 0.3 is 5.97 Å². The Morgan fingerprint density at radius 3 is 2.31 bits per heavy atom. The maximum atomic E-state index is 11.5. The van der Waals surface area contributed by atoms with Gasteiger partial charge in [-0.2, -0.15) is 0 Å². The number of hydrogen-bond donors (Lipinski definition) is 0. The number of hydrogen-bond acceptors (Lipinski definition) is 4. The van der Waals surface area contributed by atoms with E-state index in [4.69, 9.17) is 0 Å². The molecule has 0 aliphatic rings. The van der Waals surface area contributed by atoms with E-state index >= 15 is 0 Å². The molecule has 0 saturated carbocycles. The largest absolute Gasteiger partial charge is 0.468 e. The number of benzene rings is 1. The van der Waals surface area contributed by atoms with Crippen molar-refractivity contribution in [3.8, 4) is 0 Å². The molecule has 1 atom stereocenters. The van der Waals surface area contributed by atoms with E-state index < -0.39 is 11.2 Å². The van der Waals surface area contributed by atoms with Crippen LogP contribution in [0.15, 0.2) is 28.7 Å². The van der Waals surface area contributed by atoms with Crippen molar-refractivity contribution in [3.63, 3.8) is 0 Å². The van der Waals surface area contributed by atoms with Gasteiger partial charge in [0, 0.05) is 11.4 Å². The summed E-state index contributed by atoms with van der Waals surface area (Å²) in [6, 6.07) is 7.24. The zero-order valence-corrected chi connectivity index (χ0v) is 11.3. The number of halogens is 1. The van der Waals surface area contributed by atoms with Gasteiger partial charge in [0.1, 0.15) is 5.25 Å². The highest BCUT2D eigenvalue weighted by Gasteiger charge is 2.23. The van der Waals surface area contributed by atoms with Crippen molar-refractivity contribution in [2.24, 2.45) is 0 Å². The standard InChI is InChI=1S/C11H11BrO3S/c1-7(13)16-10(11(14)15-2)8-3-5-9(12)6-4-8/h3-6,10H,1-2H3. The molecule has 5 heteroatoms. The second-order valence-corrected chi connectivity index (χ2v) is 5.26. The van der Waals surface area contributed by atoms with Gasteiger partial charge in [-0.25, -0.2) is 0 Å². The van der Waals surface area contributed by atoms with Crippen molar-refractivity contribution in [1.29, 1.82) is 0 Å². The fraction of sp³-hybridized carbons (Fsp3) is 0.273. The molecule has 0 aliphatic heterocycles. The summed E-state index contributed by atoms with van der Waals surface area (Å²) in [5.74, 6) is -0.414. The molecule has 0 fully saturated rings. The van der Waals surface area contributed by atoms with E-state index in [2.05, 4.69) is 20.7 Å². The number of esters is 1. The number of ether oxygens (including phenoxy) is 1. The summed E-state index contributed by atoms with van der Waals surface area (Å²) in [6.07, 6.45) is 0. The molecule has 0 radical (unpaired) electrons. The Kier molecular flexibility index (Phi) is 5.02. The van der Waals surface area contributed by atoms with Crippen LogP contribution in [0.5, 0.6) is 0 Å². The van der Waals surface area contributed by atoms with Crippen LogP contribution >= 0.6 is 27.7 Å². The predicted octanol–water partition coefficient (Wildman–Crippen LogP) is 2.94. The van der Waals surface area contributed by atoms with Crippen molar-refractivity contribution in [3.05, 3.63) is 34.3 Å². The average molecular weight is 303 g/mol. The minimum atomic E-state index is -0.587. The third-order valence-corrected chi connectivity index (χ3v) is 3.43. The minimum Gasteiger partial charge on any atom is -0.468 e. The van der Waals surface area contributed by atoms with Crippen molar-refractivity contribution in [1.82, 2.24) is 0 Å². The first kappa shape index (κ1) is 13.3. The normalized spacial score (nSPS) is 11.9. The molecule has 1 rings (SSSR count). The average Bonchev–Trinajstić information content (AvgIpc) is 2.26. The summed E-state index contributed by atoms with van der Waals surface area (Å²) >= 11 is 4.27. The molecule has 1 aromatic rings. The maximum Gasteiger partial charge on any atom is 0.323 e. The van der Waals surface area contributed by atoms with E-state index in [0.717, 1.165) is 21.8 Å². The topological polar surface area (TPSA) is 43.4 Å². The van der Waals surface area contributed by atoms with Gasteiger partial charge < -0.3 is 4.74 Å². The van der Waals surface area contributed by atoms with E-state index in [1.807, 2.05) is 12.1 Å². The number of carbonyl (C=O) groups is 2. The molecule has 0 heterocycles. The molecule has 16 heavy (non-hydrogen) atoms. The van der Waals surface area contributed by atoms with E-state index in [-0.39, 0.29) is 5.12 Å². The summed E-state index contributed by atoms with van der Waals surface area (Å²) in [5.41, 5.74) is 0.759. The van der Waals surface area contributed by atoms with Crippen LogP contribution in [0.25, 0.3) is 0 Å². The first-order chi connectivity index (χ1) is 7.54. The second kappa shape index (κ2) is 6.06. The Hall–Kier alpha value is -0.810. The van der Waals surface area contributed by atoms with Crippen molar-refractivity contribution < 1.29 is 14.3 Å². The van der Waals surface area contributed by atoms with Gasteiger partial charge in [0.25, 0.3) is 0 Å². The van der Waals surface area contributed by atoms with Crippen molar-refractivity contribution in [2.45, 2.75) is 12.2 Å². The van der Waals surface area contributed by atoms with Crippen LogP contribution in [0, 0.1) is 0 Å². The monoisotopic (exact) mass is 302 g/mol. The van der Waals surface area contributed by atoms with E-state index in [1.54, 1.807) is 12.1 Å². The van der Waals surface area contributed by atoms with Gasteiger partial charge in [-0.05, 0) is 17.7 Å². The quantitative estimate of drug-likeness (QED) is 0.805. The Balaban J connectivity index is 2.96. The molecule has 0 saturated heterocycles. The van der Waals surface area contributed by atoms with Gasteiger partial charge in [0.2, 0.25) is 0 Å². The van der Waals surface area contributed by atoms with E-state index in [9.17, 15) is 9.59 Å². The number of methoxy groups -OCH3 is 1. The summed E-state index contributed by atoms with van der Waals surface area (Å²) in [7, 11) is 1.31. The Morgan fingerprint density at radius 2 is 1.88 bits per heavy atom. The summed E-state index contributed by atoms with van der Waals surface area (Å²) in [5, 5.41) is -0.700. The smallest absolute Gasteiger partial charge is 0.323 e. The van der Waals surface area contributed by atoms with E-state index in [0.29, 0.717) is 0 Å². The fourth-order valence-electron chi connectivity index (χ4n) is 1.16. The lowest BCUT2D eigenvalue weighted by Gasteiger charge is -2.12. The molecular formula is C11H11BrO3S. The minimum absolute atomic E-state index is 0.113. The third-order valence-electron chi connectivity index (χ3n) is 1.87. The fourth-order valence-corrected chi connectivity index (χ4v) is 2.24. The van der Waals surface area contributed by atoms with E-state index in [1.165, 1.54) is 14.0 Å². The molecule has 1 aromatic carbocycles. The molecule has 0 N–H and O–H groups in total. The van der Waals surface area contributed by atoms with Crippen LogP contribution in [0.1, 0.15) is 17.7 Å². The van der Waals surface area contributed by atoms with Gasteiger partial charge in [-0.15, -0.1) is 0 Å². The Morgan fingerprint density at radius 1 is 1.31 bits per heavy atom. The van der Waals surface area contributed by atoms with Crippen LogP contribution < -0.4 is 0 Å². The Bertz CT molecular complexity index is 389. The third kappa shape index (κ3) is 3.64. The van der Waals surface area contributed by atoms with Crippen molar-refractivity contribution in [2.75, 3.05) is 7.11 Å². The lowest BCUT2D eigenvalue weighted by Crippen LogP contribution is -2.12. The lowest BCUT2D eigenvalue weighted by molar-refractivity contribution is -0.140. The van der Waals surface area contributed by atoms with Gasteiger partial charge in [0.15, 0.2) is 5.12 Å². The molecule has 0 aliphatic carbocycles. The number of rotatable bonds is 3. The molecule has 0 amide bonds. The van der Waals surface area contributed by atoms with Crippen LogP contribution in [-0.2, 0) is 14.3 Å². The summed E-state index contributed by atoms with van der Waals surface area (Å²) in [4.78, 5) is 22.6.